The summed E-state index contributed by atoms with van der Waals surface area (Å²) in [4.78, 5) is 13.7. The van der Waals surface area contributed by atoms with Crippen LogP contribution in [-0.2, 0) is 6.42 Å². The maximum absolute atomic E-state index is 13.0. The Hall–Kier alpha value is -1.62. The van der Waals surface area contributed by atoms with Gasteiger partial charge in [-0.2, -0.15) is 0 Å². The van der Waals surface area contributed by atoms with Crippen molar-refractivity contribution in [2.45, 2.75) is 46.3 Å². The van der Waals surface area contributed by atoms with E-state index in [4.69, 9.17) is 0 Å². The monoisotopic (exact) mass is 296 g/mol. The first kappa shape index (κ1) is 17.4. The molecule has 1 aromatic carbocycles. The molecule has 5 heteroatoms. The summed E-state index contributed by atoms with van der Waals surface area (Å²) in [5.74, 6) is -0.247. The number of aryl methyl sites for hydroxylation is 1. The molecule has 1 aromatic rings. The number of nitrogens with one attached hydrogen (secondary N) is 1. The SMILES string of the molecule is Cc1cc(F)ccc1CCNC(=O)N(CC(C)O)C(C)C. The highest BCUT2D eigenvalue weighted by atomic mass is 19.1. The molecule has 21 heavy (non-hydrogen) atoms. The van der Waals surface area contributed by atoms with Gasteiger partial charge in [-0.1, -0.05) is 6.07 Å². The number of hydrogen-bond donors (Lipinski definition) is 2. The molecule has 0 bridgehead atoms. The van der Waals surface area contributed by atoms with Crippen molar-refractivity contribution in [2.75, 3.05) is 13.1 Å². The topological polar surface area (TPSA) is 52.6 Å². The lowest BCUT2D eigenvalue weighted by Crippen LogP contribution is -2.47. The average molecular weight is 296 g/mol. The van der Waals surface area contributed by atoms with Crippen LogP contribution in [0.25, 0.3) is 0 Å². The van der Waals surface area contributed by atoms with Crippen molar-refractivity contribution in [3.05, 3.63) is 35.1 Å². The first-order valence-corrected chi connectivity index (χ1v) is 7.28. The zero-order valence-electron chi connectivity index (χ0n) is 13.2. The third-order valence-corrected chi connectivity index (χ3v) is 3.32. The van der Waals surface area contributed by atoms with Crippen molar-refractivity contribution >= 4 is 6.03 Å². The van der Waals surface area contributed by atoms with Crippen LogP contribution in [0.5, 0.6) is 0 Å². The van der Waals surface area contributed by atoms with Crippen LogP contribution in [0, 0.1) is 12.7 Å². The minimum absolute atomic E-state index is 0.0205. The van der Waals surface area contributed by atoms with E-state index >= 15 is 0 Å². The first-order chi connectivity index (χ1) is 9.81. The van der Waals surface area contributed by atoms with Crippen molar-refractivity contribution in [1.82, 2.24) is 10.2 Å². The standard InChI is InChI=1S/C16H25FN2O2/c1-11(2)19(10-13(4)20)16(21)18-8-7-14-5-6-15(17)9-12(14)3/h5-6,9,11,13,20H,7-8,10H2,1-4H3,(H,18,21). The van der Waals surface area contributed by atoms with Gasteiger partial charge < -0.3 is 15.3 Å². The van der Waals surface area contributed by atoms with Crippen molar-refractivity contribution in [2.24, 2.45) is 0 Å². The van der Waals surface area contributed by atoms with Gasteiger partial charge in [-0.3, -0.25) is 0 Å². The number of carbonyl (C=O) groups excluding carboxylic acids is 1. The summed E-state index contributed by atoms with van der Waals surface area (Å²) >= 11 is 0. The van der Waals surface area contributed by atoms with Gasteiger partial charge in [0.15, 0.2) is 0 Å². The van der Waals surface area contributed by atoms with E-state index in [9.17, 15) is 14.3 Å². The number of aliphatic hydroxyl groups excluding tert-OH is 1. The van der Waals surface area contributed by atoms with Crippen LogP contribution < -0.4 is 5.32 Å². The average Bonchev–Trinajstić information content (AvgIpc) is 2.37. The predicted octanol–water partition coefficient (Wildman–Crippen LogP) is 2.48. The molecule has 0 aromatic heterocycles. The Morgan fingerprint density at radius 3 is 2.57 bits per heavy atom. The Morgan fingerprint density at radius 2 is 2.05 bits per heavy atom. The zero-order valence-corrected chi connectivity index (χ0v) is 13.2. The highest BCUT2D eigenvalue weighted by Crippen LogP contribution is 2.10. The molecule has 0 saturated heterocycles. The highest BCUT2D eigenvalue weighted by molar-refractivity contribution is 5.74. The van der Waals surface area contributed by atoms with Gasteiger partial charge in [-0.05, 0) is 57.4 Å². The summed E-state index contributed by atoms with van der Waals surface area (Å²) in [5, 5.41) is 12.3. The summed E-state index contributed by atoms with van der Waals surface area (Å²) in [6.45, 7) is 8.12. The number of urea groups is 1. The number of rotatable bonds is 6. The van der Waals surface area contributed by atoms with Crippen LogP contribution in [0.3, 0.4) is 0 Å². The molecule has 1 atom stereocenters. The van der Waals surface area contributed by atoms with E-state index in [-0.39, 0.29) is 17.9 Å². The Morgan fingerprint density at radius 1 is 1.38 bits per heavy atom. The Kier molecular flexibility index (Phi) is 6.62. The molecule has 118 valence electrons. The quantitative estimate of drug-likeness (QED) is 0.847. The first-order valence-electron chi connectivity index (χ1n) is 7.28. The number of amides is 2. The Balaban J connectivity index is 2.51. The largest absolute Gasteiger partial charge is 0.392 e. The third-order valence-electron chi connectivity index (χ3n) is 3.32. The van der Waals surface area contributed by atoms with Crippen LogP contribution in [-0.4, -0.2) is 41.3 Å². The Bertz CT molecular complexity index is 475. The number of aliphatic hydroxyl groups is 1. The van der Waals surface area contributed by atoms with Crippen LogP contribution in [0.4, 0.5) is 9.18 Å². The van der Waals surface area contributed by atoms with Crippen LogP contribution in [0.2, 0.25) is 0 Å². The molecule has 1 rings (SSSR count). The summed E-state index contributed by atoms with van der Waals surface area (Å²) in [7, 11) is 0. The van der Waals surface area contributed by atoms with E-state index in [0.29, 0.717) is 19.5 Å². The zero-order chi connectivity index (χ0) is 16.0. The number of nitrogens with zero attached hydrogens (tertiary/aromatic N) is 1. The van der Waals surface area contributed by atoms with Crippen LogP contribution in [0.1, 0.15) is 31.9 Å². The predicted molar refractivity (Wildman–Crippen MR) is 81.8 cm³/mol. The maximum atomic E-state index is 13.0. The van der Waals surface area contributed by atoms with Gasteiger partial charge in [0.2, 0.25) is 0 Å². The van der Waals surface area contributed by atoms with E-state index in [1.165, 1.54) is 12.1 Å². The Labute approximate surface area is 126 Å². The summed E-state index contributed by atoms with van der Waals surface area (Å²) < 4.78 is 13.0. The van der Waals surface area contributed by atoms with Crippen molar-refractivity contribution in [3.63, 3.8) is 0 Å². The number of halogens is 1. The molecule has 0 saturated carbocycles. The second-order valence-corrected chi connectivity index (χ2v) is 5.65. The molecule has 0 heterocycles. The van der Waals surface area contributed by atoms with Gasteiger partial charge >= 0.3 is 6.03 Å². The van der Waals surface area contributed by atoms with Crippen molar-refractivity contribution in [1.29, 1.82) is 0 Å². The lowest BCUT2D eigenvalue weighted by molar-refractivity contribution is 0.119. The molecule has 2 amide bonds. The second kappa shape index (κ2) is 7.98. The molecule has 4 nitrogen and oxygen atoms in total. The number of hydrogen-bond acceptors (Lipinski definition) is 2. The molecular formula is C16H25FN2O2. The van der Waals surface area contributed by atoms with Crippen LogP contribution in [0.15, 0.2) is 18.2 Å². The molecule has 0 fully saturated rings. The van der Waals surface area contributed by atoms with E-state index in [0.717, 1.165) is 11.1 Å². The van der Waals surface area contributed by atoms with Crippen LogP contribution >= 0.6 is 0 Å². The van der Waals surface area contributed by atoms with E-state index in [2.05, 4.69) is 5.32 Å². The molecule has 0 aliphatic carbocycles. The van der Waals surface area contributed by atoms with Gasteiger partial charge in [0.1, 0.15) is 5.82 Å². The third kappa shape index (κ3) is 5.71. The van der Waals surface area contributed by atoms with Gasteiger partial charge in [0.25, 0.3) is 0 Å². The molecule has 2 N–H and O–H groups in total. The summed E-state index contributed by atoms with van der Waals surface area (Å²) in [5.41, 5.74) is 1.90. The van der Waals surface area contributed by atoms with Crippen molar-refractivity contribution in [3.8, 4) is 0 Å². The smallest absolute Gasteiger partial charge is 0.317 e. The normalized spacial score (nSPS) is 12.3. The van der Waals surface area contributed by atoms with Gasteiger partial charge in [-0.15, -0.1) is 0 Å². The van der Waals surface area contributed by atoms with Gasteiger partial charge in [-0.25, -0.2) is 9.18 Å². The highest BCUT2D eigenvalue weighted by Gasteiger charge is 2.18. The minimum atomic E-state index is -0.558. The maximum Gasteiger partial charge on any atom is 0.317 e. The molecular weight excluding hydrogens is 271 g/mol. The van der Waals surface area contributed by atoms with E-state index in [1.807, 2.05) is 20.8 Å². The molecule has 0 aliphatic heterocycles. The second-order valence-electron chi connectivity index (χ2n) is 5.65. The van der Waals surface area contributed by atoms with E-state index in [1.54, 1.807) is 17.9 Å². The van der Waals surface area contributed by atoms with Gasteiger partial charge in [0, 0.05) is 19.1 Å². The molecule has 0 aliphatic rings. The lowest BCUT2D eigenvalue weighted by atomic mass is 10.1. The molecule has 0 radical (unpaired) electrons. The molecule has 0 spiro atoms. The fourth-order valence-electron chi connectivity index (χ4n) is 2.16. The number of carbonyl (C=O) groups is 1. The van der Waals surface area contributed by atoms with Gasteiger partial charge in [0.05, 0.1) is 6.10 Å². The fourth-order valence-corrected chi connectivity index (χ4v) is 2.16. The van der Waals surface area contributed by atoms with E-state index < -0.39 is 6.10 Å². The molecule has 1 unspecified atom stereocenters. The fraction of sp³-hybridized carbons (Fsp3) is 0.562. The minimum Gasteiger partial charge on any atom is -0.392 e. The number of benzene rings is 1. The lowest BCUT2D eigenvalue weighted by Gasteiger charge is -2.28. The summed E-state index contributed by atoms with van der Waals surface area (Å²) in [6, 6.07) is 4.49. The van der Waals surface area contributed by atoms with Crippen molar-refractivity contribution < 1.29 is 14.3 Å². The summed E-state index contributed by atoms with van der Waals surface area (Å²) in [6.07, 6.45) is 0.0934.